The van der Waals surface area contributed by atoms with Crippen molar-refractivity contribution in [1.29, 1.82) is 0 Å². The molecule has 1 N–H and O–H groups in total. The van der Waals surface area contributed by atoms with Crippen LogP contribution in [-0.4, -0.2) is 37.5 Å². The van der Waals surface area contributed by atoms with Crippen molar-refractivity contribution < 1.29 is 23.5 Å². The number of carbonyl (C=O) groups excluding carboxylic acids is 2. The summed E-state index contributed by atoms with van der Waals surface area (Å²) in [6, 6.07) is 12.5. The summed E-state index contributed by atoms with van der Waals surface area (Å²) >= 11 is 1.25. The molecule has 1 aliphatic heterocycles. The number of thiophene rings is 1. The zero-order chi connectivity index (χ0) is 21.1. The fourth-order valence-corrected chi connectivity index (χ4v) is 4.52. The Balaban J connectivity index is 1.50. The first kappa shape index (κ1) is 20.0. The Hall–Kier alpha value is -3.26. The van der Waals surface area contributed by atoms with Crippen LogP contribution >= 0.6 is 11.3 Å². The first-order valence-electron chi connectivity index (χ1n) is 9.58. The van der Waals surface area contributed by atoms with E-state index in [2.05, 4.69) is 5.32 Å². The van der Waals surface area contributed by atoms with Gasteiger partial charge in [-0.3, -0.25) is 9.59 Å². The molecule has 1 aliphatic rings. The predicted octanol–water partition coefficient (Wildman–Crippen LogP) is 4.59. The van der Waals surface area contributed by atoms with Gasteiger partial charge in [-0.1, -0.05) is 6.07 Å². The van der Waals surface area contributed by atoms with Crippen LogP contribution < -0.4 is 14.8 Å². The molecule has 0 aliphatic carbocycles. The van der Waals surface area contributed by atoms with Crippen LogP contribution in [0.2, 0.25) is 0 Å². The first-order valence-corrected chi connectivity index (χ1v) is 10.4. The Morgan fingerprint density at radius 1 is 1.13 bits per heavy atom. The highest BCUT2D eigenvalue weighted by Crippen LogP contribution is 2.38. The summed E-state index contributed by atoms with van der Waals surface area (Å²) in [5, 5.41) is 3.36. The number of anilines is 1. The number of likely N-dealkylation sites (tertiary alicyclic amines) is 1. The standard InChI is InChI=1S/C22H22N2O5S/c1-27-16-8-7-14(13-18(16)28-2)15-5-3-11-24(15)22(26)19-9-10-20(30-19)23-21(25)17-6-4-12-29-17/h4,6-10,12-13,15H,3,5,11H2,1-2H3,(H,23,25)/t15-/m0/s1. The van der Waals surface area contributed by atoms with Crippen LogP contribution in [0.15, 0.2) is 53.1 Å². The molecular formula is C22H22N2O5S. The molecule has 156 valence electrons. The molecule has 0 bridgehead atoms. The molecule has 1 aromatic carbocycles. The van der Waals surface area contributed by atoms with E-state index in [-0.39, 0.29) is 23.6 Å². The third-order valence-electron chi connectivity index (χ3n) is 5.10. The van der Waals surface area contributed by atoms with Gasteiger partial charge in [-0.2, -0.15) is 0 Å². The van der Waals surface area contributed by atoms with Crippen molar-refractivity contribution in [3.63, 3.8) is 0 Å². The molecule has 1 fully saturated rings. The zero-order valence-electron chi connectivity index (χ0n) is 16.7. The van der Waals surface area contributed by atoms with Crippen molar-refractivity contribution >= 4 is 28.2 Å². The van der Waals surface area contributed by atoms with Crippen molar-refractivity contribution in [1.82, 2.24) is 4.90 Å². The Labute approximate surface area is 178 Å². The summed E-state index contributed by atoms with van der Waals surface area (Å²) in [6.07, 6.45) is 3.26. The van der Waals surface area contributed by atoms with Crippen LogP contribution in [0.3, 0.4) is 0 Å². The molecule has 2 amide bonds. The summed E-state index contributed by atoms with van der Waals surface area (Å²) in [6.45, 7) is 0.684. The summed E-state index contributed by atoms with van der Waals surface area (Å²) in [5.74, 6) is 1.14. The smallest absolute Gasteiger partial charge is 0.291 e. The molecule has 0 saturated carbocycles. The summed E-state index contributed by atoms with van der Waals surface area (Å²) in [5.41, 5.74) is 1.02. The van der Waals surface area contributed by atoms with Gasteiger partial charge in [0.15, 0.2) is 17.3 Å². The van der Waals surface area contributed by atoms with Gasteiger partial charge in [0.05, 0.1) is 36.4 Å². The third-order valence-corrected chi connectivity index (χ3v) is 6.09. The minimum atomic E-state index is -0.342. The number of furan rings is 1. The number of amides is 2. The molecule has 4 rings (SSSR count). The monoisotopic (exact) mass is 426 g/mol. The van der Waals surface area contributed by atoms with E-state index < -0.39 is 0 Å². The number of carbonyl (C=O) groups is 2. The van der Waals surface area contributed by atoms with E-state index in [4.69, 9.17) is 13.9 Å². The number of methoxy groups -OCH3 is 2. The fraction of sp³-hybridized carbons (Fsp3) is 0.273. The van der Waals surface area contributed by atoms with Crippen LogP contribution in [-0.2, 0) is 0 Å². The van der Waals surface area contributed by atoms with Crippen molar-refractivity contribution in [2.75, 3.05) is 26.1 Å². The maximum Gasteiger partial charge on any atom is 0.291 e. The molecule has 30 heavy (non-hydrogen) atoms. The van der Waals surface area contributed by atoms with Crippen LogP contribution in [0.5, 0.6) is 11.5 Å². The van der Waals surface area contributed by atoms with Gasteiger partial charge in [0.25, 0.3) is 11.8 Å². The molecular weight excluding hydrogens is 404 g/mol. The van der Waals surface area contributed by atoms with Gasteiger partial charge in [0.2, 0.25) is 0 Å². The van der Waals surface area contributed by atoms with Gasteiger partial charge in [0, 0.05) is 6.54 Å². The summed E-state index contributed by atoms with van der Waals surface area (Å²) in [4.78, 5) is 27.8. The van der Waals surface area contributed by atoms with Gasteiger partial charge in [-0.25, -0.2) is 0 Å². The molecule has 2 aromatic heterocycles. The average molecular weight is 426 g/mol. The van der Waals surface area contributed by atoms with Crippen LogP contribution in [0.1, 0.15) is 44.7 Å². The number of hydrogen-bond acceptors (Lipinski definition) is 6. The second-order valence-corrected chi connectivity index (χ2v) is 7.95. The lowest BCUT2D eigenvalue weighted by Crippen LogP contribution is -2.30. The van der Waals surface area contributed by atoms with Gasteiger partial charge >= 0.3 is 0 Å². The molecule has 7 nitrogen and oxygen atoms in total. The van der Waals surface area contributed by atoms with E-state index >= 15 is 0 Å². The highest BCUT2D eigenvalue weighted by Gasteiger charge is 2.32. The maximum absolute atomic E-state index is 13.2. The SMILES string of the molecule is COc1ccc([C@@H]2CCCN2C(=O)c2ccc(NC(=O)c3ccco3)s2)cc1OC. The lowest BCUT2D eigenvalue weighted by atomic mass is 10.0. The Bertz CT molecular complexity index is 1040. The van der Waals surface area contributed by atoms with Crippen molar-refractivity contribution in [3.8, 4) is 11.5 Å². The van der Waals surface area contributed by atoms with Crippen LogP contribution in [0.25, 0.3) is 0 Å². The number of ether oxygens (including phenoxy) is 2. The number of rotatable bonds is 6. The second kappa shape index (κ2) is 8.62. The summed E-state index contributed by atoms with van der Waals surface area (Å²) in [7, 11) is 3.20. The number of nitrogens with zero attached hydrogens (tertiary/aromatic N) is 1. The molecule has 8 heteroatoms. The van der Waals surface area contributed by atoms with E-state index in [1.165, 1.54) is 17.6 Å². The Kier molecular flexibility index (Phi) is 5.76. The van der Waals surface area contributed by atoms with Gasteiger partial charge in [0.1, 0.15) is 0 Å². The number of hydrogen-bond donors (Lipinski definition) is 1. The van der Waals surface area contributed by atoms with E-state index in [9.17, 15) is 9.59 Å². The van der Waals surface area contributed by atoms with E-state index in [0.29, 0.717) is 27.9 Å². The van der Waals surface area contributed by atoms with Gasteiger partial charge in [-0.15, -0.1) is 11.3 Å². The molecule has 0 spiro atoms. The lowest BCUT2D eigenvalue weighted by molar-refractivity contribution is 0.0740. The van der Waals surface area contributed by atoms with E-state index in [0.717, 1.165) is 18.4 Å². The fourth-order valence-electron chi connectivity index (χ4n) is 3.66. The highest BCUT2D eigenvalue weighted by atomic mass is 32.1. The largest absolute Gasteiger partial charge is 0.493 e. The topological polar surface area (TPSA) is 81.0 Å². The average Bonchev–Trinajstić information content (AvgIpc) is 3.54. The van der Waals surface area contributed by atoms with Crippen LogP contribution in [0, 0.1) is 0 Å². The van der Waals surface area contributed by atoms with E-state index in [1.54, 1.807) is 38.5 Å². The predicted molar refractivity (Wildman–Crippen MR) is 114 cm³/mol. The second-order valence-electron chi connectivity index (χ2n) is 6.87. The lowest BCUT2D eigenvalue weighted by Gasteiger charge is -2.25. The van der Waals surface area contributed by atoms with Crippen LogP contribution in [0.4, 0.5) is 5.00 Å². The Morgan fingerprint density at radius 2 is 1.97 bits per heavy atom. The molecule has 0 unspecified atom stereocenters. The molecule has 1 saturated heterocycles. The van der Waals surface area contributed by atoms with Crippen molar-refractivity contribution in [2.45, 2.75) is 18.9 Å². The molecule has 1 atom stereocenters. The van der Waals surface area contributed by atoms with Gasteiger partial charge in [-0.05, 0) is 54.8 Å². The zero-order valence-corrected chi connectivity index (χ0v) is 17.5. The minimum Gasteiger partial charge on any atom is -0.493 e. The third kappa shape index (κ3) is 3.91. The molecule has 3 heterocycles. The minimum absolute atomic E-state index is 0.0273. The maximum atomic E-state index is 13.2. The van der Waals surface area contributed by atoms with Crippen molar-refractivity contribution in [3.05, 3.63) is 64.9 Å². The molecule has 3 aromatic rings. The number of nitrogens with one attached hydrogen (secondary N) is 1. The normalized spacial score (nSPS) is 15.8. The highest BCUT2D eigenvalue weighted by molar-refractivity contribution is 7.18. The number of benzene rings is 1. The summed E-state index contributed by atoms with van der Waals surface area (Å²) < 4.78 is 15.8. The van der Waals surface area contributed by atoms with E-state index in [1.807, 2.05) is 23.1 Å². The quantitative estimate of drug-likeness (QED) is 0.624. The Morgan fingerprint density at radius 3 is 2.70 bits per heavy atom. The van der Waals surface area contributed by atoms with Crippen molar-refractivity contribution in [2.24, 2.45) is 0 Å². The van der Waals surface area contributed by atoms with Gasteiger partial charge < -0.3 is 24.1 Å². The first-order chi connectivity index (χ1) is 14.6. The molecule has 0 radical (unpaired) electrons.